The van der Waals surface area contributed by atoms with Crippen LogP contribution in [-0.2, 0) is 10.5 Å². The number of carbonyl (C=O) groups excluding carboxylic acids is 1. The lowest BCUT2D eigenvalue weighted by molar-refractivity contribution is -0.118. The predicted octanol–water partition coefficient (Wildman–Crippen LogP) is 2.27. The summed E-state index contributed by atoms with van der Waals surface area (Å²) >= 11 is 4.21. The second-order valence-corrected chi connectivity index (χ2v) is 3.56. The highest BCUT2D eigenvalue weighted by atomic mass is 32.1. The van der Waals surface area contributed by atoms with Crippen molar-refractivity contribution in [2.24, 2.45) is 0 Å². The fraction of sp³-hybridized carbons (Fsp3) is 0.250. The van der Waals surface area contributed by atoms with Crippen LogP contribution in [0.5, 0.6) is 0 Å². The average Bonchev–Trinajstić information content (AvgIpc) is 2.24. The van der Waals surface area contributed by atoms with E-state index in [2.05, 4.69) is 24.0 Å². The molecule has 1 aromatic rings. The molecule has 0 aliphatic carbocycles. The third kappa shape index (κ3) is 4.70. The Kier molecular flexibility index (Phi) is 4.98. The van der Waals surface area contributed by atoms with Gasteiger partial charge >= 0.3 is 0 Å². The standard InChI is InChI=1S/C12H15NOS/c1-10(14)13-7-3-6-11-4-2-5-12(8-11)9-15/h2-6,8,15H,7,9H2,1H3,(H,13,14). The molecule has 0 aliphatic heterocycles. The molecule has 0 fully saturated rings. The largest absolute Gasteiger partial charge is 0.353 e. The van der Waals surface area contributed by atoms with E-state index < -0.39 is 0 Å². The van der Waals surface area contributed by atoms with Crippen LogP contribution in [0.15, 0.2) is 30.3 Å². The SMILES string of the molecule is CC(=O)NCC=Cc1cccc(CS)c1. The maximum atomic E-state index is 10.6. The minimum Gasteiger partial charge on any atom is -0.353 e. The van der Waals surface area contributed by atoms with Gasteiger partial charge in [0.15, 0.2) is 0 Å². The van der Waals surface area contributed by atoms with Gasteiger partial charge in [-0.3, -0.25) is 4.79 Å². The number of thiol groups is 1. The van der Waals surface area contributed by atoms with Crippen LogP contribution in [0.25, 0.3) is 6.08 Å². The van der Waals surface area contributed by atoms with E-state index in [9.17, 15) is 4.79 Å². The number of benzene rings is 1. The van der Waals surface area contributed by atoms with Crippen molar-refractivity contribution in [2.45, 2.75) is 12.7 Å². The van der Waals surface area contributed by atoms with Crippen LogP contribution >= 0.6 is 12.6 Å². The zero-order chi connectivity index (χ0) is 11.1. The molecule has 1 aromatic carbocycles. The van der Waals surface area contributed by atoms with Gasteiger partial charge in [0.2, 0.25) is 5.91 Å². The van der Waals surface area contributed by atoms with Gasteiger partial charge in [-0.2, -0.15) is 12.6 Å². The van der Waals surface area contributed by atoms with Gasteiger partial charge in [-0.05, 0) is 11.1 Å². The molecule has 3 heteroatoms. The molecule has 0 atom stereocenters. The van der Waals surface area contributed by atoms with E-state index in [-0.39, 0.29) is 5.91 Å². The van der Waals surface area contributed by atoms with Crippen molar-refractivity contribution in [3.8, 4) is 0 Å². The van der Waals surface area contributed by atoms with Gasteiger partial charge in [0, 0.05) is 19.2 Å². The lowest BCUT2D eigenvalue weighted by Gasteiger charge is -1.98. The van der Waals surface area contributed by atoms with E-state index in [0.29, 0.717) is 6.54 Å². The fourth-order valence-electron chi connectivity index (χ4n) is 1.19. The second kappa shape index (κ2) is 6.30. The first-order valence-electron chi connectivity index (χ1n) is 4.83. The van der Waals surface area contributed by atoms with E-state index in [1.165, 1.54) is 12.5 Å². The molecule has 0 bridgehead atoms. The molecule has 1 N–H and O–H groups in total. The molecular weight excluding hydrogens is 206 g/mol. The summed E-state index contributed by atoms with van der Waals surface area (Å²) in [5, 5.41) is 2.70. The van der Waals surface area contributed by atoms with E-state index in [1.54, 1.807) is 0 Å². The Balaban J connectivity index is 2.52. The zero-order valence-corrected chi connectivity index (χ0v) is 9.63. The summed E-state index contributed by atoms with van der Waals surface area (Å²) in [7, 11) is 0. The Morgan fingerprint density at radius 1 is 1.53 bits per heavy atom. The van der Waals surface area contributed by atoms with Crippen molar-refractivity contribution in [1.82, 2.24) is 5.32 Å². The van der Waals surface area contributed by atoms with Gasteiger partial charge < -0.3 is 5.32 Å². The lowest BCUT2D eigenvalue weighted by Crippen LogP contribution is -2.19. The molecule has 0 heterocycles. The quantitative estimate of drug-likeness (QED) is 0.750. The normalized spacial score (nSPS) is 10.5. The van der Waals surface area contributed by atoms with Crippen molar-refractivity contribution in [3.63, 3.8) is 0 Å². The van der Waals surface area contributed by atoms with Gasteiger partial charge in [-0.1, -0.05) is 36.4 Å². The summed E-state index contributed by atoms with van der Waals surface area (Å²) in [6.45, 7) is 2.08. The molecule has 15 heavy (non-hydrogen) atoms. The highest BCUT2D eigenvalue weighted by molar-refractivity contribution is 7.79. The van der Waals surface area contributed by atoms with Crippen molar-refractivity contribution in [1.29, 1.82) is 0 Å². The Hall–Kier alpha value is -1.22. The topological polar surface area (TPSA) is 29.1 Å². The zero-order valence-electron chi connectivity index (χ0n) is 8.73. The van der Waals surface area contributed by atoms with Gasteiger partial charge in [-0.25, -0.2) is 0 Å². The minimum absolute atomic E-state index is 0.0104. The summed E-state index contributed by atoms with van der Waals surface area (Å²) in [5.74, 6) is 0.733. The van der Waals surface area contributed by atoms with E-state index in [4.69, 9.17) is 0 Å². The average molecular weight is 221 g/mol. The van der Waals surface area contributed by atoms with Crippen LogP contribution in [0, 0.1) is 0 Å². The van der Waals surface area contributed by atoms with Crippen LogP contribution in [0.3, 0.4) is 0 Å². The highest BCUT2D eigenvalue weighted by Crippen LogP contribution is 2.08. The Labute approximate surface area is 95.8 Å². The Bertz CT molecular complexity index is 360. The number of carbonyl (C=O) groups is 1. The van der Waals surface area contributed by atoms with Crippen molar-refractivity contribution in [2.75, 3.05) is 6.54 Å². The first kappa shape index (κ1) is 11.9. The van der Waals surface area contributed by atoms with E-state index >= 15 is 0 Å². The van der Waals surface area contributed by atoms with E-state index in [0.717, 1.165) is 11.3 Å². The van der Waals surface area contributed by atoms with Gasteiger partial charge in [0.1, 0.15) is 0 Å². The summed E-state index contributed by atoms with van der Waals surface area (Å²) in [4.78, 5) is 10.6. The molecule has 0 aromatic heterocycles. The summed E-state index contributed by atoms with van der Waals surface area (Å²) in [6, 6.07) is 8.15. The van der Waals surface area contributed by atoms with Crippen LogP contribution in [0.1, 0.15) is 18.1 Å². The summed E-state index contributed by atoms with van der Waals surface area (Å²) in [6.07, 6.45) is 3.92. The third-order valence-electron chi connectivity index (χ3n) is 1.91. The van der Waals surface area contributed by atoms with Gasteiger partial charge in [0.05, 0.1) is 0 Å². The van der Waals surface area contributed by atoms with Crippen LogP contribution in [-0.4, -0.2) is 12.5 Å². The smallest absolute Gasteiger partial charge is 0.217 e. The van der Waals surface area contributed by atoms with Crippen LogP contribution in [0.4, 0.5) is 0 Å². The first-order valence-corrected chi connectivity index (χ1v) is 5.46. The summed E-state index contributed by atoms with van der Waals surface area (Å²) < 4.78 is 0. The molecule has 1 rings (SSSR count). The minimum atomic E-state index is -0.0104. The lowest BCUT2D eigenvalue weighted by atomic mass is 10.1. The predicted molar refractivity (Wildman–Crippen MR) is 66.8 cm³/mol. The van der Waals surface area contributed by atoms with Gasteiger partial charge in [-0.15, -0.1) is 0 Å². The number of rotatable bonds is 4. The maximum absolute atomic E-state index is 10.6. The molecule has 0 radical (unpaired) electrons. The number of nitrogens with one attached hydrogen (secondary N) is 1. The molecule has 2 nitrogen and oxygen atoms in total. The number of amides is 1. The molecule has 0 spiro atoms. The molecule has 0 saturated heterocycles. The van der Waals surface area contributed by atoms with Crippen molar-refractivity contribution in [3.05, 3.63) is 41.5 Å². The summed E-state index contributed by atoms with van der Waals surface area (Å²) in [5.41, 5.74) is 2.33. The van der Waals surface area contributed by atoms with Gasteiger partial charge in [0.25, 0.3) is 0 Å². The molecular formula is C12H15NOS. The number of hydrogen-bond acceptors (Lipinski definition) is 2. The molecule has 1 amide bonds. The molecule has 80 valence electrons. The number of hydrogen-bond donors (Lipinski definition) is 2. The highest BCUT2D eigenvalue weighted by Gasteiger charge is 1.90. The van der Waals surface area contributed by atoms with Crippen molar-refractivity contribution < 1.29 is 4.79 Å². The Morgan fingerprint density at radius 3 is 3.00 bits per heavy atom. The second-order valence-electron chi connectivity index (χ2n) is 3.24. The van der Waals surface area contributed by atoms with E-state index in [1.807, 2.05) is 30.4 Å². The molecule has 0 unspecified atom stereocenters. The molecule has 0 saturated carbocycles. The van der Waals surface area contributed by atoms with Crippen LogP contribution in [0.2, 0.25) is 0 Å². The van der Waals surface area contributed by atoms with Crippen LogP contribution < -0.4 is 5.32 Å². The fourth-order valence-corrected chi connectivity index (χ4v) is 1.39. The van der Waals surface area contributed by atoms with Crippen molar-refractivity contribution >= 4 is 24.6 Å². The third-order valence-corrected chi connectivity index (χ3v) is 2.28. The maximum Gasteiger partial charge on any atom is 0.217 e. The molecule has 0 aliphatic rings. The Morgan fingerprint density at radius 2 is 2.33 bits per heavy atom. The first-order chi connectivity index (χ1) is 7.22. The monoisotopic (exact) mass is 221 g/mol.